The van der Waals surface area contributed by atoms with Crippen molar-refractivity contribution in [3.8, 4) is 0 Å². The molecule has 3 aromatic carbocycles. The minimum absolute atomic E-state index is 0.106. The summed E-state index contributed by atoms with van der Waals surface area (Å²) in [5, 5.41) is 0. The summed E-state index contributed by atoms with van der Waals surface area (Å²) in [6.45, 7) is 1.30. The minimum Gasteiger partial charge on any atom is -0.374 e. The fourth-order valence-corrected chi connectivity index (χ4v) is 4.38. The molecule has 4 atom stereocenters. The molecule has 1 fully saturated rings. The Morgan fingerprint density at radius 3 is 1.84 bits per heavy atom. The lowest BCUT2D eigenvalue weighted by Crippen LogP contribution is -2.40. The number of nitrogens with two attached hydrogens (primary N) is 1. The van der Waals surface area contributed by atoms with Crippen LogP contribution in [-0.2, 0) is 38.8 Å². The quantitative estimate of drug-likeness (QED) is 0.324. The first-order chi connectivity index (χ1) is 18.7. The number of rotatable bonds is 11. The Bertz CT molecular complexity index is 1340. The SMILES string of the molecule is Nc1ncn([C@@H]2O[C@H](COCc3ccccc3)[C@H](OCc3ccccc3)[C@@H]2OCc2ccccc2)c(=O)n1. The fourth-order valence-electron chi connectivity index (χ4n) is 4.38. The van der Waals surface area contributed by atoms with Gasteiger partial charge in [-0.25, -0.2) is 9.78 Å². The van der Waals surface area contributed by atoms with E-state index in [2.05, 4.69) is 9.97 Å². The lowest BCUT2D eigenvalue weighted by molar-refractivity contribution is -0.0922. The van der Waals surface area contributed by atoms with Crippen molar-refractivity contribution < 1.29 is 18.9 Å². The normalized spacial score (nSPS) is 20.9. The van der Waals surface area contributed by atoms with Gasteiger partial charge in [-0.1, -0.05) is 91.0 Å². The lowest BCUT2D eigenvalue weighted by atomic mass is 10.1. The molecule has 9 heteroatoms. The van der Waals surface area contributed by atoms with Gasteiger partial charge in [-0.2, -0.15) is 4.98 Å². The highest BCUT2D eigenvalue weighted by molar-refractivity contribution is 5.16. The van der Waals surface area contributed by atoms with E-state index in [1.54, 1.807) is 0 Å². The maximum absolute atomic E-state index is 12.8. The molecule has 0 bridgehead atoms. The average molecular weight is 515 g/mol. The molecule has 196 valence electrons. The molecule has 5 rings (SSSR count). The van der Waals surface area contributed by atoms with E-state index in [9.17, 15) is 4.79 Å². The number of hydrogen-bond acceptors (Lipinski definition) is 8. The largest absolute Gasteiger partial charge is 0.374 e. The van der Waals surface area contributed by atoms with E-state index in [4.69, 9.17) is 24.7 Å². The van der Waals surface area contributed by atoms with Crippen LogP contribution in [0.1, 0.15) is 22.9 Å². The molecular formula is C29H30N4O5. The molecule has 0 radical (unpaired) electrons. The molecule has 0 unspecified atom stereocenters. The molecule has 38 heavy (non-hydrogen) atoms. The van der Waals surface area contributed by atoms with E-state index in [1.165, 1.54) is 10.9 Å². The summed E-state index contributed by atoms with van der Waals surface area (Å²) in [4.78, 5) is 20.6. The number of nitrogen functional groups attached to an aromatic ring is 1. The van der Waals surface area contributed by atoms with E-state index < -0.39 is 30.2 Å². The van der Waals surface area contributed by atoms with Crippen LogP contribution in [0.4, 0.5) is 5.95 Å². The monoisotopic (exact) mass is 514 g/mol. The van der Waals surface area contributed by atoms with Gasteiger partial charge in [0, 0.05) is 0 Å². The first-order valence-corrected chi connectivity index (χ1v) is 12.5. The standard InChI is InChI=1S/C29H30N4O5/c30-28-31-20-33(29(34)32-28)27-26(37-18-23-14-8-3-9-15-23)25(36-17-22-12-6-2-7-13-22)24(38-27)19-35-16-21-10-4-1-5-11-21/h1-15,20,24-27H,16-19H2,(H2,30,32,34)/t24-,25+,26+,27-/m1/s1. The van der Waals surface area contributed by atoms with Crippen molar-refractivity contribution in [2.24, 2.45) is 0 Å². The number of ether oxygens (including phenoxy) is 4. The first kappa shape index (κ1) is 25.7. The zero-order chi connectivity index (χ0) is 26.2. The van der Waals surface area contributed by atoms with Crippen molar-refractivity contribution in [2.45, 2.75) is 44.4 Å². The Labute approximate surface area is 220 Å². The summed E-state index contributed by atoms with van der Waals surface area (Å²) in [7, 11) is 0. The third-order valence-corrected chi connectivity index (χ3v) is 6.27. The highest BCUT2D eigenvalue weighted by atomic mass is 16.6. The highest BCUT2D eigenvalue weighted by Crippen LogP contribution is 2.34. The van der Waals surface area contributed by atoms with Crippen LogP contribution in [0.3, 0.4) is 0 Å². The number of nitrogens with zero attached hydrogens (tertiary/aromatic N) is 3. The van der Waals surface area contributed by atoms with Crippen molar-refractivity contribution in [3.05, 3.63) is 124 Å². The van der Waals surface area contributed by atoms with Gasteiger partial charge in [0.05, 0.1) is 26.4 Å². The van der Waals surface area contributed by atoms with Gasteiger partial charge in [0.15, 0.2) is 6.23 Å². The van der Waals surface area contributed by atoms with Crippen LogP contribution >= 0.6 is 0 Å². The second-order valence-corrected chi connectivity index (χ2v) is 8.99. The second-order valence-electron chi connectivity index (χ2n) is 8.99. The molecule has 0 amide bonds. The van der Waals surface area contributed by atoms with Gasteiger partial charge in [0.25, 0.3) is 0 Å². The van der Waals surface area contributed by atoms with Crippen LogP contribution in [0.25, 0.3) is 0 Å². The molecular weight excluding hydrogens is 484 g/mol. The van der Waals surface area contributed by atoms with Gasteiger partial charge in [0.2, 0.25) is 5.95 Å². The van der Waals surface area contributed by atoms with E-state index >= 15 is 0 Å². The van der Waals surface area contributed by atoms with Crippen molar-refractivity contribution >= 4 is 5.95 Å². The van der Waals surface area contributed by atoms with E-state index in [1.807, 2.05) is 91.0 Å². The van der Waals surface area contributed by atoms with Gasteiger partial charge in [-0.15, -0.1) is 0 Å². The number of aromatic nitrogens is 3. The summed E-state index contributed by atoms with van der Waals surface area (Å²) < 4.78 is 26.5. The van der Waals surface area contributed by atoms with E-state index in [0.717, 1.165) is 16.7 Å². The molecule has 0 saturated carbocycles. The van der Waals surface area contributed by atoms with Crippen LogP contribution in [-0.4, -0.2) is 39.5 Å². The Morgan fingerprint density at radius 2 is 1.29 bits per heavy atom. The molecule has 1 aliphatic heterocycles. The Hall–Kier alpha value is -3.89. The molecule has 1 aliphatic rings. The van der Waals surface area contributed by atoms with Crippen molar-refractivity contribution in [2.75, 3.05) is 12.3 Å². The first-order valence-electron chi connectivity index (χ1n) is 12.5. The van der Waals surface area contributed by atoms with Gasteiger partial charge < -0.3 is 24.7 Å². The van der Waals surface area contributed by atoms with E-state index in [-0.39, 0.29) is 12.6 Å². The molecule has 1 saturated heterocycles. The van der Waals surface area contributed by atoms with Gasteiger partial charge in [0.1, 0.15) is 24.6 Å². The molecule has 2 N–H and O–H groups in total. The minimum atomic E-state index is -0.835. The summed E-state index contributed by atoms with van der Waals surface area (Å²) >= 11 is 0. The predicted molar refractivity (Wildman–Crippen MR) is 141 cm³/mol. The highest BCUT2D eigenvalue weighted by Gasteiger charge is 2.48. The molecule has 1 aromatic heterocycles. The van der Waals surface area contributed by atoms with Gasteiger partial charge in [-0.3, -0.25) is 4.57 Å². The topological polar surface area (TPSA) is 111 Å². The lowest BCUT2D eigenvalue weighted by Gasteiger charge is -2.25. The van der Waals surface area contributed by atoms with Crippen molar-refractivity contribution in [1.82, 2.24) is 14.5 Å². The molecule has 0 aliphatic carbocycles. The number of benzene rings is 3. The van der Waals surface area contributed by atoms with Crippen molar-refractivity contribution in [1.29, 1.82) is 0 Å². The van der Waals surface area contributed by atoms with Crippen LogP contribution in [0, 0.1) is 0 Å². The van der Waals surface area contributed by atoms with Crippen molar-refractivity contribution in [3.63, 3.8) is 0 Å². The third kappa shape index (κ3) is 6.51. The second kappa shape index (κ2) is 12.6. The summed E-state index contributed by atoms with van der Waals surface area (Å²) in [5.74, 6) is -0.106. The number of anilines is 1. The molecule has 4 aromatic rings. The van der Waals surface area contributed by atoms with Crippen LogP contribution in [0.5, 0.6) is 0 Å². The molecule has 2 heterocycles. The van der Waals surface area contributed by atoms with Gasteiger partial charge >= 0.3 is 5.69 Å². The molecule has 0 spiro atoms. The van der Waals surface area contributed by atoms with E-state index in [0.29, 0.717) is 19.8 Å². The van der Waals surface area contributed by atoms with Crippen LogP contribution in [0.2, 0.25) is 0 Å². The van der Waals surface area contributed by atoms with Crippen LogP contribution < -0.4 is 11.4 Å². The average Bonchev–Trinajstić information content (AvgIpc) is 3.29. The summed E-state index contributed by atoms with van der Waals surface area (Å²) in [5.41, 5.74) is 8.09. The smallest absolute Gasteiger partial charge is 0.354 e. The summed E-state index contributed by atoms with van der Waals surface area (Å²) in [6, 6.07) is 29.5. The maximum atomic E-state index is 12.8. The third-order valence-electron chi connectivity index (χ3n) is 6.27. The maximum Gasteiger partial charge on any atom is 0.354 e. The Balaban J connectivity index is 1.40. The zero-order valence-electron chi connectivity index (χ0n) is 20.8. The predicted octanol–water partition coefficient (Wildman–Crippen LogP) is 3.51. The number of hydrogen-bond donors (Lipinski definition) is 1. The fraction of sp³-hybridized carbons (Fsp3) is 0.276. The molecule has 9 nitrogen and oxygen atoms in total. The zero-order valence-corrected chi connectivity index (χ0v) is 20.8. The van der Waals surface area contributed by atoms with Crippen LogP contribution in [0.15, 0.2) is 102 Å². The summed E-state index contributed by atoms with van der Waals surface area (Å²) in [6.07, 6.45) is -1.20. The Morgan fingerprint density at radius 1 is 0.763 bits per heavy atom. The Kier molecular flexibility index (Phi) is 8.52. The van der Waals surface area contributed by atoms with Gasteiger partial charge in [-0.05, 0) is 16.7 Å².